The lowest BCUT2D eigenvalue weighted by atomic mass is 10.00. The number of hydrogen-bond donors (Lipinski definition) is 0. The molecule has 19 heavy (non-hydrogen) atoms. The van der Waals surface area contributed by atoms with Crippen LogP contribution in [-0.4, -0.2) is 9.97 Å². The van der Waals surface area contributed by atoms with Crippen molar-refractivity contribution in [1.29, 1.82) is 0 Å². The van der Waals surface area contributed by atoms with Crippen LogP contribution in [0.3, 0.4) is 0 Å². The van der Waals surface area contributed by atoms with Gasteiger partial charge in [0.2, 0.25) is 5.16 Å². The molecule has 0 saturated heterocycles. The lowest BCUT2D eigenvalue weighted by Crippen LogP contribution is -2.03. The number of nitrogens with zero attached hydrogens (tertiary/aromatic N) is 2. The van der Waals surface area contributed by atoms with Crippen molar-refractivity contribution < 1.29 is 4.39 Å². The van der Waals surface area contributed by atoms with Crippen molar-refractivity contribution in [2.24, 2.45) is 0 Å². The van der Waals surface area contributed by atoms with Gasteiger partial charge in [0, 0.05) is 16.5 Å². The molecule has 0 amide bonds. The smallest absolute Gasteiger partial charge is 0.204 e. The Morgan fingerprint density at radius 2 is 1.79 bits per heavy atom. The van der Waals surface area contributed by atoms with Gasteiger partial charge in [-0.2, -0.15) is 0 Å². The number of benzene rings is 1. The van der Waals surface area contributed by atoms with Crippen molar-refractivity contribution in [3.8, 4) is 11.3 Å². The third-order valence-electron chi connectivity index (χ3n) is 2.90. The Morgan fingerprint density at radius 1 is 1.16 bits per heavy atom. The highest BCUT2D eigenvalue weighted by molar-refractivity contribution is 8.21. The van der Waals surface area contributed by atoms with Crippen LogP contribution in [0.5, 0.6) is 0 Å². The highest BCUT2D eigenvalue weighted by Gasteiger charge is 2.15. The quantitative estimate of drug-likeness (QED) is 0.749. The van der Waals surface area contributed by atoms with E-state index in [2.05, 4.69) is 23.8 Å². The third kappa shape index (κ3) is 3.07. The van der Waals surface area contributed by atoms with Crippen molar-refractivity contribution in [2.45, 2.75) is 31.8 Å². The fourth-order valence-electron chi connectivity index (χ4n) is 2.00. The van der Waals surface area contributed by atoms with Gasteiger partial charge < -0.3 is 0 Å². The molecule has 100 valence electrons. The highest BCUT2D eigenvalue weighted by atomic mass is 35.7. The van der Waals surface area contributed by atoms with E-state index in [0.717, 1.165) is 33.5 Å². The van der Waals surface area contributed by atoms with Gasteiger partial charge in [0.25, 0.3) is 0 Å². The van der Waals surface area contributed by atoms with Crippen molar-refractivity contribution in [3.05, 3.63) is 41.3 Å². The molecular weight excluding hydrogens is 283 g/mol. The fourth-order valence-corrected chi connectivity index (χ4v) is 2.46. The molecule has 5 heteroatoms. The first-order valence-electron chi connectivity index (χ1n) is 5.96. The van der Waals surface area contributed by atoms with E-state index in [0.29, 0.717) is 5.16 Å². The summed E-state index contributed by atoms with van der Waals surface area (Å²) in [5.41, 5.74) is 3.66. The maximum Gasteiger partial charge on any atom is 0.204 e. The Labute approximate surface area is 120 Å². The zero-order valence-electron chi connectivity index (χ0n) is 10.9. The standard InChI is InChI=1S/C14H14ClFN2S/c1-8(2)12-9(3)13(18-14(17-12)19-15)10-4-6-11(16)7-5-10/h4-8H,1-3H3. The Kier molecular flexibility index (Phi) is 4.42. The second kappa shape index (κ2) is 5.88. The van der Waals surface area contributed by atoms with E-state index in [1.807, 2.05) is 6.92 Å². The Morgan fingerprint density at radius 3 is 2.32 bits per heavy atom. The van der Waals surface area contributed by atoms with Crippen LogP contribution in [0.1, 0.15) is 31.0 Å². The van der Waals surface area contributed by atoms with Crippen molar-refractivity contribution >= 4 is 21.7 Å². The summed E-state index contributed by atoms with van der Waals surface area (Å²) in [6.45, 7) is 6.13. The maximum absolute atomic E-state index is 13.0. The van der Waals surface area contributed by atoms with Gasteiger partial charge in [0.15, 0.2) is 0 Å². The lowest BCUT2D eigenvalue weighted by Gasteiger charge is -2.13. The number of aromatic nitrogens is 2. The molecule has 0 unspecified atom stereocenters. The molecule has 1 aromatic carbocycles. The predicted octanol–water partition coefficient (Wildman–Crippen LogP) is 4.96. The average molecular weight is 297 g/mol. The molecule has 0 saturated carbocycles. The second-order valence-electron chi connectivity index (χ2n) is 4.60. The molecule has 2 nitrogen and oxygen atoms in total. The first-order chi connectivity index (χ1) is 9.02. The average Bonchev–Trinajstić information content (AvgIpc) is 2.40. The minimum Gasteiger partial charge on any atom is -0.226 e. The molecule has 2 rings (SSSR count). The summed E-state index contributed by atoms with van der Waals surface area (Å²) in [4.78, 5) is 8.87. The van der Waals surface area contributed by atoms with Crippen molar-refractivity contribution in [1.82, 2.24) is 9.97 Å². The molecule has 0 radical (unpaired) electrons. The zero-order chi connectivity index (χ0) is 14.0. The van der Waals surface area contributed by atoms with Crippen molar-refractivity contribution in [3.63, 3.8) is 0 Å². The number of halogens is 2. The molecular formula is C14H14ClFN2S. The van der Waals surface area contributed by atoms with Crippen LogP contribution in [0.2, 0.25) is 0 Å². The zero-order valence-corrected chi connectivity index (χ0v) is 12.5. The number of hydrogen-bond acceptors (Lipinski definition) is 3. The minimum atomic E-state index is -0.258. The van der Waals surface area contributed by atoms with E-state index in [4.69, 9.17) is 10.7 Å². The van der Waals surface area contributed by atoms with Crippen LogP contribution in [0.15, 0.2) is 29.4 Å². The lowest BCUT2D eigenvalue weighted by molar-refractivity contribution is 0.628. The largest absolute Gasteiger partial charge is 0.226 e. The van der Waals surface area contributed by atoms with E-state index in [-0.39, 0.29) is 11.7 Å². The predicted molar refractivity (Wildman–Crippen MR) is 78.0 cm³/mol. The molecule has 0 aliphatic rings. The molecule has 0 fully saturated rings. The molecule has 0 aliphatic carbocycles. The van der Waals surface area contributed by atoms with Gasteiger partial charge in [-0.1, -0.05) is 13.8 Å². The number of rotatable bonds is 3. The summed E-state index contributed by atoms with van der Waals surface area (Å²) in [7, 11) is 6.77. The first-order valence-corrected chi connectivity index (χ1v) is 7.60. The second-order valence-corrected chi connectivity index (χ2v) is 5.59. The molecule has 0 spiro atoms. The van der Waals surface area contributed by atoms with Crippen LogP contribution in [0.4, 0.5) is 4.39 Å². The summed E-state index contributed by atoms with van der Waals surface area (Å²) < 4.78 is 13.0. The van der Waals surface area contributed by atoms with E-state index in [1.165, 1.54) is 12.1 Å². The first kappa shape index (κ1) is 14.3. The summed E-state index contributed by atoms with van der Waals surface area (Å²) >= 11 is 0. The van der Waals surface area contributed by atoms with E-state index < -0.39 is 0 Å². The fraction of sp³-hybridized carbons (Fsp3) is 0.286. The molecule has 1 heterocycles. The normalized spacial score (nSPS) is 11.1. The van der Waals surface area contributed by atoms with E-state index >= 15 is 0 Å². The van der Waals surface area contributed by atoms with Crippen LogP contribution < -0.4 is 0 Å². The van der Waals surface area contributed by atoms with Crippen LogP contribution >= 0.6 is 21.7 Å². The molecule has 0 aliphatic heterocycles. The summed E-state index contributed by atoms with van der Waals surface area (Å²) in [6.07, 6.45) is 0. The third-order valence-corrected chi connectivity index (χ3v) is 3.63. The monoisotopic (exact) mass is 296 g/mol. The van der Waals surface area contributed by atoms with Gasteiger partial charge in [-0.05, 0) is 53.4 Å². The highest BCUT2D eigenvalue weighted by Crippen LogP contribution is 2.30. The Hall–Kier alpha value is -1.13. The SMILES string of the molecule is Cc1c(-c2ccc(F)cc2)nc(SCl)nc1C(C)C. The molecule has 2 aromatic rings. The van der Waals surface area contributed by atoms with Gasteiger partial charge in [0.05, 0.1) is 11.4 Å². The van der Waals surface area contributed by atoms with Crippen LogP contribution in [0, 0.1) is 12.7 Å². The van der Waals surface area contributed by atoms with Gasteiger partial charge in [0.1, 0.15) is 5.82 Å². The van der Waals surface area contributed by atoms with E-state index in [1.54, 1.807) is 12.1 Å². The Balaban J connectivity index is 2.61. The molecule has 0 atom stereocenters. The van der Waals surface area contributed by atoms with Gasteiger partial charge in [-0.3, -0.25) is 0 Å². The van der Waals surface area contributed by atoms with Crippen LogP contribution in [0.25, 0.3) is 11.3 Å². The Bertz CT molecular complexity index is 585. The molecule has 0 bridgehead atoms. The van der Waals surface area contributed by atoms with Gasteiger partial charge in [-0.25, -0.2) is 14.4 Å². The van der Waals surface area contributed by atoms with Crippen molar-refractivity contribution in [2.75, 3.05) is 0 Å². The summed E-state index contributed by atoms with van der Waals surface area (Å²) in [6, 6.07) is 6.30. The van der Waals surface area contributed by atoms with Crippen LogP contribution in [-0.2, 0) is 0 Å². The molecule has 0 N–H and O–H groups in total. The summed E-state index contributed by atoms with van der Waals surface area (Å²) in [5.74, 6) is 0.0243. The topological polar surface area (TPSA) is 25.8 Å². The van der Waals surface area contributed by atoms with Gasteiger partial charge >= 0.3 is 0 Å². The summed E-state index contributed by atoms with van der Waals surface area (Å²) in [5, 5.41) is 0.523. The minimum absolute atomic E-state index is 0.258. The van der Waals surface area contributed by atoms with E-state index in [9.17, 15) is 4.39 Å². The maximum atomic E-state index is 13.0. The van der Waals surface area contributed by atoms with Gasteiger partial charge in [-0.15, -0.1) is 0 Å². The molecule has 1 aromatic heterocycles.